The molecule has 4 heteroatoms. The highest BCUT2D eigenvalue weighted by Crippen LogP contribution is 2.12. The first-order valence-corrected chi connectivity index (χ1v) is 5.92. The average Bonchev–Trinajstić information content (AvgIpc) is 2.32. The van der Waals surface area contributed by atoms with Gasteiger partial charge in [-0.2, -0.15) is 0 Å². The van der Waals surface area contributed by atoms with Crippen LogP contribution in [0.5, 0.6) is 5.75 Å². The Bertz CT molecular complexity index is 585. The summed E-state index contributed by atoms with van der Waals surface area (Å²) in [6.07, 6.45) is 2.30. The van der Waals surface area contributed by atoms with Gasteiger partial charge in [-0.05, 0) is 17.7 Å². The minimum absolute atomic E-state index is 0.122. The molecule has 0 saturated heterocycles. The molecule has 0 aliphatic rings. The monoisotopic (exact) mass is 244 g/mol. The first-order chi connectivity index (χ1) is 8.56. The molecule has 2 rings (SSSR count). The van der Waals surface area contributed by atoms with Gasteiger partial charge in [-0.15, -0.1) is 0 Å². The van der Waals surface area contributed by atoms with E-state index in [-0.39, 0.29) is 17.2 Å². The maximum absolute atomic E-state index is 11.8. The van der Waals surface area contributed by atoms with E-state index in [1.54, 1.807) is 18.3 Å². The largest absolute Gasteiger partial charge is 0.508 e. The van der Waals surface area contributed by atoms with Crippen LogP contribution in [-0.4, -0.2) is 15.1 Å². The van der Waals surface area contributed by atoms with Crippen molar-refractivity contribution in [3.8, 4) is 5.75 Å². The number of aromatic amines is 1. The zero-order chi connectivity index (χ0) is 13.1. The van der Waals surface area contributed by atoms with Gasteiger partial charge in [0, 0.05) is 24.2 Å². The predicted molar refractivity (Wildman–Crippen MR) is 69.9 cm³/mol. The molecule has 2 aromatic rings. The lowest BCUT2D eigenvalue weighted by molar-refractivity contribution is 0.475. The van der Waals surface area contributed by atoms with Gasteiger partial charge in [0.05, 0.1) is 0 Å². The highest BCUT2D eigenvalue weighted by atomic mass is 16.3. The van der Waals surface area contributed by atoms with Gasteiger partial charge in [0.1, 0.15) is 11.4 Å². The fourth-order valence-electron chi connectivity index (χ4n) is 1.78. The summed E-state index contributed by atoms with van der Waals surface area (Å²) in [7, 11) is 0. The predicted octanol–water partition coefficient (Wildman–Crippen LogP) is 2.19. The Morgan fingerprint density at radius 1 is 1.28 bits per heavy atom. The summed E-state index contributed by atoms with van der Waals surface area (Å²) in [5, 5.41) is 9.19. The topological polar surface area (TPSA) is 66.0 Å². The van der Waals surface area contributed by atoms with Gasteiger partial charge in [-0.3, -0.25) is 9.78 Å². The zero-order valence-electron chi connectivity index (χ0n) is 10.5. The van der Waals surface area contributed by atoms with Crippen molar-refractivity contribution < 1.29 is 5.11 Å². The number of aromatic nitrogens is 2. The smallest absolute Gasteiger partial charge is 0.270 e. The Balaban J connectivity index is 2.23. The summed E-state index contributed by atoms with van der Waals surface area (Å²) in [4.78, 5) is 18.8. The number of hydrogen-bond donors (Lipinski definition) is 2. The van der Waals surface area contributed by atoms with Gasteiger partial charge in [0.2, 0.25) is 0 Å². The van der Waals surface area contributed by atoms with Gasteiger partial charge in [0.15, 0.2) is 0 Å². The molecule has 0 amide bonds. The second-order valence-corrected chi connectivity index (χ2v) is 4.62. The number of phenolic OH excluding ortho intramolecular Hbond substituents is 1. The molecule has 0 aliphatic carbocycles. The molecule has 0 radical (unpaired) electrons. The third-order valence-corrected chi connectivity index (χ3v) is 2.74. The molecule has 0 saturated carbocycles. The second-order valence-electron chi connectivity index (χ2n) is 4.62. The third kappa shape index (κ3) is 2.77. The number of benzene rings is 1. The molecule has 1 aromatic carbocycles. The Labute approximate surface area is 105 Å². The lowest BCUT2D eigenvalue weighted by atomic mass is 10.1. The summed E-state index contributed by atoms with van der Waals surface area (Å²) in [5.74, 6) is 0.358. The van der Waals surface area contributed by atoms with Crippen molar-refractivity contribution in [2.24, 2.45) is 0 Å². The van der Waals surface area contributed by atoms with E-state index < -0.39 is 0 Å². The van der Waals surface area contributed by atoms with Gasteiger partial charge in [-0.1, -0.05) is 26.0 Å². The fraction of sp³-hybridized carbons (Fsp3) is 0.286. The zero-order valence-corrected chi connectivity index (χ0v) is 10.5. The fourth-order valence-corrected chi connectivity index (χ4v) is 1.78. The van der Waals surface area contributed by atoms with Crippen molar-refractivity contribution >= 4 is 0 Å². The quantitative estimate of drug-likeness (QED) is 0.869. The number of aromatic hydroxyl groups is 1. The first kappa shape index (κ1) is 12.4. The second kappa shape index (κ2) is 5.04. The van der Waals surface area contributed by atoms with Crippen molar-refractivity contribution in [3.63, 3.8) is 0 Å². The summed E-state index contributed by atoms with van der Waals surface area (Å²) < 4.78 is 0. The number of nitrogens with one attached hydrogen (secondary N) is 1. The summed E-state index contributed by atoms with van der Waals surface area (Å²) in [6, 6.07) is 6.90. The molecule has 0 spiro atoms. The number of phenols is 1. The van der Waals surface area contributed by atoms with E-state index in [0.717, 1.165) is 11.3 Å². The summed E-state index contributed by atoms with van der Waals surface area (Å²) >= 11 is 0. The molecule has 94 valence electrons. The Morgan fingerprint density at radius 2 is 1.94 bits per heavy atom. The molecule has 1 aromatic heterocycles. The lowest BCUT2D eigenvalue weighted by Gasteiger charge is -2.05. The number of rotatable bonds is 3. The first-order valence-electron chi connectivity index (χ1n) is 5.92. The minimum atomic E-state index is -0.124. The molecular weight excluding hydrogens is 228 g/mol. The van der Waals surface area contributed by atoms with E-state index >= 15 is 0 Å². The van der Waals surface area contributed by atoms with Crippen LogP contribution >= 0.6 is 0 Å². The number of nitrogens with zero attached hydrogens (tertiary/aromatic N) is 1. The molecule has 4 nitrogen and oxygen atoms in total. The lowest BCUT2D eigenvalue weighted by Crippen LogP contribution is -2.18. The van der Waals surface area contributed by atoms with E-state index in [1.807, 2.05) is 26.0 Å². The van der Waals surface area contributed by atoms with E-state index in [1.165, 1.54) is 0 Å². The summed E-state index contributed by atoms with van der Waals surface area (Å²) in [6.45, 7) is 3.88. The molecular formula is C14H16N2O2. The molecule has 2 N–H and O–H groups in total. The van der Waals surface area contributed by atoms with E-state index in [2.05, 4.69) is 9.97 Å². The van der Waals surface area contributed by atoms with Crippen LogP contribution in [-0.2, 0) is 6.42 Å². The normalized spacial score (nSPS) is 10.8. The van der Waals surface area contributed by atoms with Gasteiger partial charge >= 0.3 is 0 Å². The van der Waals surface area contributed by atoms with E-state index in [0.29, 0.717) is 12.1 Å². The average molecular weight is 244 g/mol. The van der Waals surface area contributed by atoms with E-state index in [4.69, 9.17) is 0 Å². The summed E-state index contributed by atoms with van der Waals surface area (Å²) in [5.41, 5.74) is 2.23. The minimum Gasteiger partial charge on any atom is -0.508 e. The van der Waals surface area contributed by atoms with Crippen LogP contribution < -0.4 is 5.56 Å². The van der Waals surface area contributed by atoms with Crippen molar-refractivity contribution in [2.45, 2.75) is 26.2 Å². The van der Waals surface area contributed by atoms with Crippen molar-refractivity contribution in [1.82, 2.24) is 9.97 Å². The van der Waals surface area contributed by atoms with Crippen molar-refractivity contribution in [1.29, 1.82) is 0 Å². The SMILES string of the molecule is CC(C)c1ncc(Cc2ccc(O)cc2)[nH]c1=O. The van der Waals surface area contributed by atoms with Gasteiger partial charge in [0.25, 0.3) is 5.56 Å². The highest BCUT2D eigenvalue weighted by molar-refractivity contribution is 5.28. The number of hydrogen-bond acceptors (Lipinski definition) is 3. The standard InChI is InChI=1S/C14H16N2O2/c1-9(2)13-14(18)16-11(8-15-13)7-10-3-5-12(17)6-4-10/h3-6,8-9,17H,7H2,1-2H3,(H,16,18). The maximum Gasteiger partial charge on any atom is 0.270 e. The van der Waals surface area contributed by atoms with Crippen LogP contribution in [0.3, 0.4) is 0 Å². The molecule has 18 heavy (non-hydrogen) atoms. The molecule has 0 unspecified atom stereocenters. The third-order valence-electron chi connectivity index (χ3n) is 2.74. The Hall–Kier alpha value is -2.10. The number of H-pyrrole nitrogens is 1. The van der Waals surface area contributed by atoms with Gasteiger partial charge < -0.3 is 10.1 Å². The van der Waals surface area contributed by atoms with Crippen LogP contribution in [0.2, 0.25) is 0 Å². The molecule has 0 aliphatic heterocycles. The van der Waals surface area contributed by atoms with Crippen molar-refractivity contribution in [3.05, 3.63) is 57.8 Å². The van der Waals surface area contributed by atoms with Crippen LogP contribution in [0.1, 0.15) is 36.7 Å². The van der Waals surface area contributed by atoms with Crippen LogP contribution in [0.25, 0.3) is 0 Å². The molecule has 0 fully saturated rings. The van der Waals surface area contributed by atoms with Crippen molar-refractivity contribution in [2.75, 3.05) is 0 Å². The molecule has 0 atom stereocenters. The molecule has 1 heterocycles. The Kier molecular flexibility index (Phi) is 3.46. The molecule has 0 bridgehead atoms. The van der Waals surface area contributed by atoms with Crippen LogP contribution in [0, 0.1) is 0 Å². The maximum atomic E-state index is 11.8. The van der Waals surface area contributed by atoms with Crippen LogP contribution in [0.15, 0.2) is 35.3 Å². The van der Waals surface area contributed by atoms with Crippen LogP contribution in [0.4, 0.5) is 0 Å². The van der Waals surface area contributed by atoms with E-state index in [9.17, 15) is 9.90 Å². The van der Waals surface area contributed by atoms with Gasteiger partial charge in [-0.25, -0.2) is 0 Å². The Morgan fingerprint density at radius 3 is 2.50 bits per heavy atom. The highest BCUT2D eigenvalue weighted by Gasteiger charge is 2.07.